The lowest BCUT2D eigenvalue weighted by Crippen LogP contribution is -2.41. The van der Waals surface area contributed by atoms with Gasteiger partial charge < -0.3 is 10.1 Å². The minimum absolute atomic E-state index is 0.148. The van der Waals surface area contributed by atoms with Crippen molar-refractivity contribution in [3.8, 4) is 0 Å². The molecule has 0 aliphatic heterocycles. The number of rotatable bonds is 5. The van der Waals surface area contributed by atoms with Crippen LogP contribution < -0.4 is 5.32 Å². The van der Waals surface area contributed by atoms with Gasteiger partial charge in [-0.15, -0.1) is 0 Å². The molecule has 3 nitrogen and oxygen atoms in total. The third-order valence-corrected chi connectivity index (χ3v) is 4.33. The van der Waals surface area contributed by atoms with Gasteiger partial charge in [-0.1, -0.05) is 41.4 Å². The molecule has 0 aliphatic rings. The van der Waals surface area contributed by atoms with Crippen LogP contribution in [0.15, 0.2) is 42.5 Å². The van der Waals surface area contributed by atoms with Crippen LogP contribution in [0.3, 0.4) is 0 Å². The van der Waals surface area contributed by atoms with Crippen LogP contribution in [0.5, 0.6) is 0 Å². The van der Waals surface area contributed by atoms with Gasteiger partial charge >= 0.3 is 0 Å². The molecule has 0 spiro atoms. The van der Waals surface area contributed by atoms with Crippen molar-refractivity contribution in [2.24, 2.45) is 0 Å². The molecule has 0 unspecified atom stereocenters. The van der Waals surface area contributed by atoms with Crippen molar-refractivity contribution >= 4 is 29.1 Å². The summed E-state index contributed by atoms with van der Waals surface area (Å²) in [5.74, 6) is -0.148. The van der Waals surface area contributed by atoms with E-state index in [0.29, 0.717) is 22.2 Å². The highest BCUT2D eigenvalue weighted by Gasteiger charge is 2.24. The van der Waals surface area contributed by atoms with Gasteiger partial charge in [-0.05, 0) is 49.2 Å². The Hall–Kier alpha value is -1.55. The number of ether oxygens (including phenoxy) is 1. The van der Waals surface area contributed by atoms with E-state index in [-0.39, 0.29) is 5.91 Å². The average molecular weight is 352 g/mol. The van der Waals surface area contributed by atoms with Crippen molar-refractivity contribution in [1.82, 2.24) is 5.32 Å². The summed E-state index contributed by atoms with van der Waals surface area (Å²) in [5.41, 5.74) is 1.93. The predicted octanol–water partition coefficient (Wildman–Crippen LogP) is 4.80. The normalized spacial score (nSPS) is 11.3. The van der Waals surface area contributed by atoms with E-state index in [1.54, 1.807) is 31.4 Å². The fourth-order valence-electron chi connectivity index (χ4n) is 2.23. The molecule has 122 valence electrons. The Balaban J connectivity index is 2.15. The molecule has 0 aromatic heterocycles. The molecule has 2 rings (SSSR count). The smallest absolute Gasteiger partial charge is 0.251 e. The molecule has 0 atom stereocenters. The molecule has 0 aliphatic carbocycles. The maximum absolute atomic E-state index is 12.5. The molecule has 0 radical (unpaired) electrons. The lowest BCUT2D eigenvalue weighted by molar-refractivity contribution is 0.0912. The summed E-state index contributed by atoms with van der Waals surface area (Å²) in [5, 5.41) is 3.97. The Morgan fingerprint density at radius 3 is 2.30 bits per heavy atom. The van der Waals surface area contributed by atoms with Crippen molar-refractivity contribution in [2.45, 2.75) is 26.0 Å². The molecular formula is C18H19Cl2NO2. The molecule has 23 heavy (non-hydrogen) atoms. The molecule has 2 aromatic rings. The van der Waals surface area contributed by atoms with E-state index in [9.17, 15) is 4.79 Å². The van der Waals surface area contributed by atoms with Crippen molar-refractivity contribution in [3.05, 3.63) is 69.2 Å². The summed E-state index contributed by atoms with van der Waals surface area (Å²) in [6.07, 6.45) is 0. The van der Waals surface area contributed by atoms with Gasteiger partial charge in [0.25, 0.3) is 5.91 Å². The second-order valence-electron chi connectivity index (χ2n) is 5.84. The number of methoxy groups -OCH3 is 1. The fraction of sp³-hybridized carbons (Fsp3) is 0.278. The number of amides is 1. The van der Waals surface area contributed by atoms with Crippen LogP contribution in [0.4, 0.5) is 0 Å². The van der Waals surface area contributed by atoms with Crippen LogP contribution >= 0.6 is 23.2 Å². The number of halogens is 2. The van der Waals surface area contributed by atoms with Crippen molar-refractivity contribution in [2.75, 3.05) is 7.11 Å². The van der Waals surface area contributed by atoms with Gasteiger partial charge in [0.05, 0.1) is 22.2 Å². The average Bonchev–Trinajstić information content (AvgIpc) is 2.50. The van der Waals surface area contributed by atoms with E-state index >= 15 is 0 Å². The second kappa shape index (κ2) is 7.35. The number of hydrogen-bond acceptors (Lipinski definition) is 2. The van der Waals surface area contributed by atoms with Crippen LogP contribution in [-0.2, 0) is 16.9 Å². The Morgan fingerprint density at radius 2 is 1.74 bits per heavy atom. The zero-order valence-electron chi connectivity index (χ0n) is 13.3. The summed E-state index contributed by atoms with van der Waals surface area (Å²) in [4.78, 5) is 12.5. The first kappa shape index (κ1) is 17.8. The molecule has 0 saturated carbocycles. The first-order chi connectivity index (χ1) is 10.8. The first-order valence-electron chi connectivity index (χ1n) is 7.19. The van der Waals surface area contributed by atoms with Gasteiger partial charge in [0, 0.05) is 12.7 Å². The Morgan fingerprint density at radius 1 is 1.09 bits per heavy atom. The summed E-state index contributed by atoms with van der Waals surface area (Å²) in [7, 11) is 1.64. The quantitative estimate of drug-likeness (QED) is 0.839. The van der Waals surface area contributed by atoms with Gasteiger partial charge in [0.2, 0.25) is 0 Å². The number of benzene rings is 2. The Labute approximate surface area is 146 Å². The number of carbonyl (C=O) groups excluding carboxylic acids is 1. The molecule has 0 saturated heterocycles. The zero-order chi connectivity index (χ0) is 17.0. The third kappa shape index (κ3) is 4.47. The van der Waals surface area contributed by atoms with E-state index in [2.05, 4.69) is 5.32 Å². The highest BCUT2D eigenvalue weighted by Crippen LogP contribution is 2.28. The van der Waals surface area contributed by atoms with E-state index in [1.165, 1.54) is 0 Å². The van der Waals surface area contributed by atoms with E-state index < -0.39 is 5.54 Å². The molecular weight excluding hydrogens is 333 g/mol. The predicted molar refractivity (Wildman–Crippen MR) is 94.1 cm³/mol. The number of nitrogens with one attached hydrogen (secondary N) is 1. The van der Waals surface area contributed by atoms with E-state index in [1.807, 2.05) is 32.0 Å². The fourth-order valence-corrected chi connectivity index (χ4v) is 2.53. The maximum atomic E-state index is 12.5. The molecule has 0 fully saturated rings. The minimum atomic E-state index is -0.573. The SMILES string of the molecule is COCc1ccc(C(=O)NC(C)(C)c2ccc(Cl)c(Cl)c2)cc1. The van der Waals surface area contributed by atoms with Crippen LogP contribution in [0, 0.1) is 0 Å². The summed E-state index contributed by atoms with van der Waals surface area (Å²) < 4.78 is 5.06. The minimum Gasteiger partial charge on any atom is -0.380 e. The molecule has 1 amide bonds. The largest absolute Gasteiger partial charge is 0.380 e. The third-order valence-electron chi connectivity index (χ3n) is 3.59. The Kier molecular flexibility index (Phi) is 5.69. The van der Waals surface area contributed by atoms with Crippen molar-refractivity contribution in [3.63, 3.8) is 0 Å². The van der Waals surface area contributed by atoms with Gasteiger partial charge in [0.1, 0.15) is 0 Å². The van der Waals surface area contributed by atoms with Crippen LogP contribution in [0.2, 0.25) is 10.0 Å². The van der Waals surface area contributed by atoms with Gasteiger partial charge in [-0.3, -0.25) is 4.79 Å². The summed E-state index contributed by atoms with van der Waals surface area (Å²) in [6, 6.07) is 12.7. The van der Waals surface area contributed by atoms with Gasteiger partial charge in [-0.25, -0.2) is 0 Å². The monoisotopic (exact) mass is 351 g/mol. The van der Waals surface area contributed by atoms with Gasteiger partial charge in [0.15, 0.2) is 0 Å². The van der Waals surface area contributed by atoms with Crippen LogP contribution in [0.25, 0.3) is 0 Å². The van der Waals surface area contributed by atoms with Crippen LogP contribution in [0.1, 0.15) is 35.3 Å². The van der Waals surface area contributed by atoms with Crippen molar-refractivity contribution < 1.29 is 9.53 Å². The van der Waals surface area contributed by atoms with Crippen molar-refractivity contribution in [1.29, 1.82) is 0 Å². The highest BCUT2D eigenvalue weighted by molar-refractivity contribution is 6.42. The molecule has 1 N–H and O–H groups in total. The molecule has 2 aromatic carbocycles. The van der Waals surface area contributed by atoms with Crippen LogP contribution in [-0.4, -0.2) is 13.0 Å². The number of hydrogen-bond donors (Lipinski definition) is 1. The molecule has 0 bridgehead atoms. The molecule has 5 heteroatoms. The number of carbonyl (C=O) groups is 1. The highest BCUT2D eigenvalue weighted by atomic mass is 35.5. The molecule has 0 heterocycles. The lowest BCUT2D eigenvalue weighted by atomic mass is 9.94. The summed E-state index contributed by atoms with van der Waals surface area (Å²) in [6.45, 7) is 4.37. The zero-order valence-corrected chi connectivity index (χ0v) is 14.8. The van der Waals surface area contributed by atoms with Gasteiger partial charge in [-0.2, -0.15) is 0 Å². The standard InChI is InChI=1S/C18H19Cl2NO2/c1-18(2,14-8-9-15(19)16(20)10-14)21-17(22)13-6-4-12(5-7-13)11-23-3/h4-10H,11H2,1-3H3,(H,21,22). The topological polar surface area (TPSA) is 38.3 Å². The Bertz CT molecular complexity index is 697. The second-order valence-corrected chi connectivity index (χ2v) is 6.65. The maximum Gasteiger partial charge on any atom is 0.251 e. The first-order valence-corrected chi connectivity index (χ1v) is 7.95. The van der Waals surface area contributed by atoms with E-state index in [4.69, 9.17) is 27.9 Å². The van der Waals surface area contributed by atoms with E-state index in [0.717, 1.165) is 11.1 Å². The summed E-state index contributed by atoms with van der Waals surface area (Å²) >= 11 is 12.0. The lowest BCUT2D eigenvalue weighted by Gasteiger charge is -2.27.